The van der Waals surface area contributed by atoms with Gasteiger partial charge in [-0.1, -0.05) is 0 Å². The Hall–Kier alpha value is -3.02. The van der Waals surface area contributed by atoms with Gasteiger partial charge in [-0.2, -0.15) is 0 Å². The van der Waals surface area contributed by atoms with Crippen molar-refractivity contribution in [2.75, 3.05) is 5.32 Å². The predicted octanol–water partition coefficient (Wildman–Crippen LogP) is 2.76. The van der Waals surface area contributed by atoms with Crippen LogP contribution in [0.2, 0.25) is 0 Å². The van der Waals surface area contributed by atoms with Gasteiger partial charge in [0, 0.05) is 29.4 Å². The molecule has 0 fully saturated rings. The first-order valence-electron chi connectivity index (χ1n) is 6.34. The van der Waals surface area contributed by atoms with Crippen molar-refractivity contribution in [3.8, 4) is 23.0 Å². The van der Waals surface area contributed by atoms with Gasteiger partial charge < -0.3 is 19.9 Å². The highest BCUT2D eigenvalue weighted by Gasteiger charge is 2.04. The molecule has 21 heavy (non-hydrogen) atoms. The number of rotatable bonds is 4. The quantitative estimate of drug-likeness (QED) is 0.682. The minimum atomic E-state index is 0.0418. The fraction of sp³-hybridized carbons (Fsp3) is 0.0667. The van der Waals surface area contributed by atoms with Crippen molar-refractivity contribution < 1.29 is 14.6 Å². The van der Waals surface area contributed by atoms with Gasteiger partial charge in [0.2, 0.25) is 12.3 Å². The van der Waals surface area contributed by atoms with Crippen LogP contribution in [0.25, 0.3) is 11.5 Å². The van der Waals surface area contributed by atoms with E-state index in [0.29, 0.717) is 18.0 Å². The molecule has 0 aliphatic carbocycles. The number of hydrogen-bond donors (Lipinski definition) is 3. The molecule has 106 valence electrons. The Morgan fingerprint density at radius 1 is 1.05 bits per heavy atom. The fourth-order valence-electron chi connectivity index (χ4n) is 1.93. The van der Waals surface area contributed by atoms with E-state index in [1.807, 2.05) is 24.3 Å². The van der Waals surface area contributed by atoms with Crippen LogP contribution < -0.4 is 5.32 Å². The minimum Gasteiger partial charge on any atom is -0.508 e. The van der Waals surface area contributed by atoms with Gasteiger partial charge in [0.15, 0.2) is 0 Å². The Kier molecular flexibility index (Phi) is 3.42. The number of benzene rings is 2. The third kappa shape index (κ3) is 2.94. The average Bonchev–Trinajstić information content (AvgIpc) is 3.01. The Labute approximate surface area is 120 Å². The molecule has 0 unspecified atom stereocenters. The maximum absolute atomic E-state index is 9.71. The van der Waals surface area contributed by atoms with E-state index < -0.39 is 0 Å². The number of hydrogen-bond acceptors (Lipinski definition) is 6. The lowest BCUT2D eigenvalue weighted by Crippen LogP contribution is -1.99. The molecule has 2 aromatic carbocycles. The van der Waals surface area contributed by atoms with Gasteiger partial charge in [-0.3, -0.25) is 0 Å². The van der Waals surface area contributed by atoms with Crippen molar-refractivity contribution >= 4 is 5.69 Å². The number of nitrogens with one attached hydrogen (secondary N) is 1. The topological polar surface area (TPSA) is 91.4 Å². The molecular formula is C15H13N3O3. The molecule has 3 N–H and O–H groups in total. The monoisotopic (exact) mass is 283 g/mol. The van der Waals surface area contributed by atoms with Crippen molar-refractivity contribution in [2.24, 2.45) is 0 Å². The third-order valence-corrected chi connectivity index (χ3v) is 3.04. The zero-order valence-corrected chi connectivity index (χ0v) is 11.0. The highest BCUT2D eigenvalue weighted by molar-refractivity contribution is 5.58. The summed E-state index contributed by atoms with van der Waals surface area (Å²) in [5.41, 5.74) is 2.44. The molecule has 3 rings (SSSR count). The maximum Gasteiger partial charge on any atom is 0.247 e. The first-order chi connectivity index (χ1) is 10.2. The van der Waals surface area contributed by atoms with Gasteiger partial charge >= 0.3 is 0 Å². The molecule has 3 aromatic rings. The van der Waals surface area contributed by atoms with Crippen LogP contribution in [-0.2, 0) is 6.54 Å². The summed E-state index contributed by atoms with van der Waals surface area (Å²) in [6.07, 6.45) is 1.29. The van der Waals surface area contributed by atoms with E-state index in [-0.39, 0.29) is 11.5 Å². The van der Waals surface area contributed by atoms with Crippen LogP contribution in [0.15, 0.2) is 53.3 Å². The summed E-state index contributed by atoms with van der Waals surface area (Å²) in [6, 6.07) is 12.0. The van der Waals surface area contributed by atoms with Crippen LogP contribution in [-0.4, -0.2) is 20.4 Å². The van der Waals surface area contributed by atoms with Gasteiger partial charge in [0.05, 0.1) is 0 Å². The lowest BCUT2D eigenvalue weighted by molar-refractivity contribution is 0.446. The molecule has 0 aliphatic heterocycles. The summed E-state index contributed by atoms with van der Waals surface area (Å²) in [6.45, 7) is 0.450. The summed E-state index contributed by atoms with van der Waals surface area (Å²) >= 11 is 0. The molecule has 0 saturated heterocycles. The van der Waals surface area contributed by atoms with Gasteiger partial charge in [-0.15, -0.1) is 10.2 Å². The summed E-state index contributed by atoms with van der Waals surface area (Å²) in [7, 11) is 0. The first kappa shape index (κ1) is 13.0. The molecule has 0 radical (unpaired) electrons. The van der Waals surface area contributed by atoms with Gasteiger partial charge in [-0.25, -0.2) is 0 Å². The van der Waals surface area contributed by atoms with E-state index >= 15 is 0 Å². The lowest BCUT2D eigenvalue weighted by atomic mass is 10.1. The molecule has 1 aromatic heterocycles. The van der Waals surface area contributed by atoms with Crippen LogP contribution in [0.1, 0.15) is 5.56 Å². The number of aromatic hydroxyl groups is 2. The van der Waals surface area contributed by atoms with E-state index in [0.717, 1.165) is 11.3 Å². The van der Waals surface area contributed by atoms with Crippen LogP contribution in [0.4, 0.5) is 5.69 Å². The van der Waals surface area contributed by atoms with Crippen molar-refractivity contribution in [3.63, 3.8) is 0 Å². The summed E-state index contributed by atoms with van der Waals surface area (Å²) in [4.78, 5) is 0. The van der Waals surface area contributed by atoms with Gasteiger partial charge in [-0.05, 0) is 36.4 Å². The maximum atomic E-state index is 9.71. The second kappa shape index (κ2) is 5.54. The Morgan fingerprint density at radius 3 is 2.52 bits per heavy atom. The fourth-order valence-corrected chi connectivity index (χ4v) is 1.93. The van der Waals surface area contributed by atoms with Crippen LogP contribution in [0.3, 0.4) is 0 Å². The standard InChI is InChI=1S/C15H13N3O3/c19-13-6-3-11(14(20)7-13)8-16-12-4-1-10(2-5-12)15-18-17-9-21-15/h1-7,9,16,19-20H,8H2. The molecule has 0 atom stereocenters. The normalized spacial score (nSPS) is 10.5. The number of phenolic OH excluding ortho intramolecular Hbond substituents is 2. The number of nitrogens with zero attached hydrogens (tertiary/aromatic N) is 2. The van der Waals surface area contributed by atoms with Crippen LogP contribution >= 0.6 is 0 Å². The molecular weight excluding hydrogens is 270 g/mol. The largest absolute Gasteiger partial charge is 0.508 e. The lowest BCUT2D eigenvalue weighted by Gasteiger charge is -2.08. The minimum absolute atomic E-state index is 0.0418. The first-order valence-corrected chi connectivity index (χ1v) is 6.34. The highest BCUT2D eigenvalue weighted by atomic mass is 16.4. The second-order valence-electron chi connectivity index (χ2n) is 4.49. The van der Waals surface area contributed by atoms with E-state index in [2.05, 4.69) is 15.5 Å². The zero-order valence-electron chi connectivity index (χ0n) is 11.0. The SMILES string of the molecule is Oc1ccc(CNc2ccc(-c3nnco3)cc2)c(O)c1. The van der Waals surface area contributed by atoms with E-state index in [1.54, 1.807) is 6.07 Å². The van der Waals surface area contributed by atoms with E-state index in [9.17, 15) is 10.2 Å². The van der Waals surface area contributed by atoms with Crippen molar-refractivity contribution in [1.29, 1.82) is 0 Å². The average molecular weight is 283 g/mol. The van der Waals surface area contributed by atoms with Crippen molar-refractivity contribution in [3.05, 3.63) is 54.4 Å². The Morgan fingerprint density at radius 2 is 1.86 bits per heavy atom. The van der Waals surface area contributed by atoms with Crippen molar-refractivity contribution in [1.82, 2.24) is 10.2 Å². The molecule has 6 heteroatoms. The molecule has 1 heterocycles. The molecule has 6 nitrogen and oxygen atoms in total. The summed E-state index contributed by atoms with van der Waals surface area (Å²) in [5, 5.41) is 29.6. The Bertz CT molecular complexity index is 724. The molecule has 0 bridgehead atoms. The molecule has 0 spiro atoms. The summed E-state index contributed by atoms with van der Waals surface area (Å²) < 4.78 is 5.12. The molecule has 0 aliphatic rings. The van der Waals surface area contributed by atoms with Gasteiger partial charge in [0.25, 0.3) is 0 Å². The van der Waals surface area contributed by atoms with Crippen LogP contribution in [0, 0.1) is 0 Å². The smallest absolute Gasteiger partial charge is 0.247 e. The zero-order chi connectivity index (χ0) is 14.7. The molecule has 0 saturated carbocycles. The number of phenols is 2. The molecule has 0 amide bonds. The third-order valence-electron chi connectivity index (χ3n) is 3.04. The number of anilines is 1. The predicted molar refractivity (Wildman–Crippen MR) is 76.8 cm³/mol. The van der Waals surface area contributed by atoms with Gasteiger partial charge in [0.1, 0.15) is 11.5 Å². The summed E-state index contributed by atoms with van der Waals surface area (Å²) in [5.74, 6) is 0.572. The van der Waals surface area contributed by atoms with E-state index in [1.165, 1.54) is 18.5 Å². The van der Waals surface area contributed by atoms with E-state index in [4.69, 9.17) is 4.42 Å². The van der Waals surface area contributed by atoms with Crippen LogP contribution in [0.5, 0.6) is 11.5 Å². The van der Waals surface area contributed by atoms with Crippen molar-refractivity contribution in [2.45, 2.75) is 6.54 Å². The number of aromatic nitrogens is 2. The second-order valence-corrected chi connectivity index (χ2v) is 4.49. The highest BCUT2D eigenvalue weighted by Crippen LogP contribution is 2.24. The Balaban J connectivity index is 1.68.